The fraction of sp³-hybridized carbons (Fsp3) is 0.909. The molecule has 1 N–H and O–H groups in total. The summed E-state index contributed by atoms with van der Waals surface area (Å²) in [7, 11) is 1.91. The molecule has 0 saturated carbocycles. The molecule has 2 unspecified atom stereocenters. The maximum absolute atomic E-state index is 12.0. The normalized spacial score (nSPS) is 24.4. The van der Waals surface area contributed by atoms with Gasteiger partial charge in [-0.3, -0.25) is 4.79 Å². The van der Waals surface area contributed by atoms with Gasteiger partial charge in [0.1, 0.15) is 0 Å². The molecule has 1 amide bonds. The van der Waals surface area contributed by atoms with Crippen molar-refractivity contribution >= 4 is 5.91 Å². The third-order valence-electron chi connectivity index (χ3n) is 3.21. The lowest BCUT2D eigenvalue weighted by Crippen LogP contribution is -2.49. The average Bonchev–Trinajstić information content (AvgIpc) is 2.27. The molecule has 3 heteroatoms. The van der Waals surface area contributed by atoms with Crippen LogP contribution in [-0.2, 0) is 4.79 Å². The van der Waals surface area contributed by atoms with Gasteiger partial charge in [-0.25, -0.2) is 0 Å². The van der Waals surface area contributed by atoms with E-state index in [4.69, 9.17) is 0 Å². The number of carbonyl (C=O) groups excluding carboxylic acids is 1. The minimum atomic E-state index is 0.0720. The molecule has 1 aliphatic rings. The molecule has 1 fully saturated rings. The molecule has 0 bridgehead atoms. The summed E-state index contributed by atoms with van der Waals surface area (Å²) in [5.41, 5.74) is 0. The van der Waals surface area contributed by atoms with E-state index in [0.29, 0.717) is 6.04 Å². The third kappa shape index (κ3) is 2.71. The molecule has 2 atom stereocenters. The summed E-state index contributed by atoms with van der Waals surface area (Å²) >= 11 is 0. The van der Waals surface area contributed by atoms with Crippen molar-refractivity contribution in [2.75, 3.05) is 13.6 Å². The second-order valence-electron chi connectivity index (χ2n) is 4.21. The molecule has 0 radical (unpaired) electrons. The first kappa shape index (κ1) is 11.5. The number of rotatable bonds is 3. The molecule has 1 heterocycles. The van der Waals surface area contributed by atoms with Crippen LogP contribution in [0.3, 0.4) is 0 Å². The van der Waals surface area contributed by atoms with Gasteiger partial charge in [0, 0.05) is 13.1 Å². The molecular weight excluding hydrogens is 176 g/mol. The first-order valence-electron chi connectivity index (χ1n) is 5.67. The van der Waals surface area contributed by atoms with Crippen LogP contribution in [0.5, 0.6) is 0 Å². The maximum atomic E-state index is 12.0. The van der Waals surface area contributed by atoms with Crippen LogP contribution >= 0.6 is 0 Å². The lowest BCUT2D eigenvalue weighted by molar-refractivity contribution is -0.134. The summed E-state index contributed by atoms with van der Waals surface area (Å²) < 4.78 is 0. The van der Waals surface area contributed by atoms with Crippen molar-refractivity contribution in [3.63, 3.8) is 0 Å². The highest BCUT2D eigenvalue weighted by molar-refractivity contribution is 5.82. The Labute approximate surface area is 86.9 Å². The van der Waals surface area contributed by atoms with E-state index in [0.717, 1.165) is 19.4 Å². The largest absolute Gasteiger partial charge is 0.342 e. The van der Waals surface area contributed by atoms with Gasteiger partial charge in [-0.2, -0.15) is 0 Å². The van der Waals surface area contributed by atoms with Crippen molar-refractivity contribution in [2.24, 2.45) is 0 Å². The summed E-state index contributed by atoms with van der Waals surface area (Å²) in [6.07, 6.45) is 4.41. The van der Waals surface area contributed by atoms with Crippen LogP contribution in [-0.4, -0.2) is 36.5 Å². The summed E-state index contributed by atoms with van der Waals surface area (Å²) in [4.78, 5) is 13.8. The number of hydrogen-bond donors (Lipinski definition) is 1. The number of amides is 1. The van der Waals surface area contributed by atoms with Crippen LogP contribution in [0.25, 0.3) is 0 Å². The minimum absolute atomic E-state index is 0.0720. The topological polar surface area (TPSA) is 32.3 Å². The van der Waals surface area contributed by atoms with Crippen molar-refractivity contribution in [1.82, 2.24) is 10.2 Å². The van der Waals surface area contributed by atoms with Crippen molar-refractivity contribution in [1.29, 1.82) is 0 Å². The fourth-order valence-electron chi connectivity index (χ4n) is 1.80. The molecule has 0 aromatic carbocycles. The second kappa shape index (κ2) is 5.35. The summed E-state index contributed by atoms with van der Waals surface area (Å²) in [6, 6.07) is 0.425. The van der Waals surface area contributed by atoms with Gasteiger partial charge in [0.15, 0.2) is 0 Å². The highest BCUT2D eigenvalue weighted by atomic mass is 16.2. The van der Waals surface area contributed by atoms with Crippen molar-refractivity contribution < 1.29 is 4.79 Å². The number of nitrogens with one attached hydrogen (secondary N) is 1. The van der Waals surface area contributed by atoms with Gasteiger partial charge in [0.25, 0.3) is 0 Å². The van der Waals surface area contributed by atoms with Crippen molar-refractivity contribution in [3.8, 4) is 0 Å². The standard InChI is InChI=1S/C11H22N2O/c1-4-9(2)13(3)11(14)10-7-5-6-8-12-10/h9-10,12H,4-8H2,1-3H3. The van der Waals surface area contributed by atoms with Crippen LogP contribution in [0.1, 0.15) is 39.5 Å². The lowest BCUT2D eigenvalue weighted by atomic mass is 10.0. The summed E-state index contributed by atoms with van der Waals surface area (Å²) in [5, 5.41) is 3.29. The number of nitrogens with zero attached hydrogens (tertiary/aromatic N) is 1. The first-order valence-corrected chi connectivity index (χ1v) is 5.67. The Hall–Kier alpha value is -0.570. The first-order chi connectivity index (χ1) is 6.66. The Morgan fingerprint density at radius 3 is 2.79 bits per heavy atom. The zero-order valence-electron chi connectivity index (χ0n) is 9.55. The van der Waals surface area contributed by atoms with Crippen LogP contribution in [0.15, 0.2) is 0 Å². The van der Waals surface area contributed by atoms with Crippen LogP contribution in [0.4, 0.5) is 0 Å². The Morgan fingerprint density at radius 1 is 1.57 bits per heavy atom. The highest BCUT2D eigenvalue weighted by Crippen LogP contribution is 2.11. The average molecular weight is 198 g/mol. The van der Waals surface area contributed by atoms with Crippen molar-refractivity contribution in [3.05, 3.63) is 0 Å². The van der Waals surface area contributed by atoms with Gasteiger partial charge in [-0.1, -0.05) is 13.3 Å². The van der Waals surface area contributed by atoms with E-state index in [9.17, 15) is 4.79 Å². The molecule has 1 rings (SSSR count). The van der Waals surface area contributed by atoms with Crippen LogP contribution in [0.2, 0.25) is 0 Å². The zero-order chi connectivity index (χ0) is 10.6. The third-order valence-corrected chi connectivity index (χ3v) is 3.21. The SMILES string of the molecule is CCC(C)N(C)C(=O)C1CCCCN1. The van der Waals surface area contributed by atoms with Gasteiger partial charge in [0.2, 0.25) is 5.91 Å². The Balaban J connectivity index is 2.46. The predicted octanol–water partition coefficient (Wildman–Crippen LogP) is 1.39. The monoisotopic (exact) mass is 198 g/mol. The fourth-order valence-corrected chi connectivity index (χ4v) is 1.80. The molecule has 14 heavy (non-hydrogen) atoms. The molecule has 1 saturated heterocycles. The van der Waals surface area contributed by atoms with Gasteiger partial charge in [0.05, 0.1) is 6.04 Å². The predicted molar refractivity (Wildman–Crippen MR) is 58.2 cm³/mol. The molecule has 0 aromatic heterocycles. The second-order valence-corrected chi connectivity index (χ2v) is 4.21. The van der Waals surface area contributed by atoms with E-state index in [-0.39, 0.29) is 11.9 Å². The van der Waals surface area contributed by atoms with Crippen LogP contribution < -0.4 is 5.32 Å². The highest BCUT2D eigenvalue weighted by Gasteiger charge is 2.25. The van der Waals surface area contributed by atoms with E-state index in [2.05, 4.69) is 19.2 Å². The number of likely N-dealkylation sites (N-methyl/N-ethyl adjacent to an activating group) is 1. The maximum Gasteiger partial charge on any atom is 0.239 e. The Morgan fingerprint density at radius 2 is 2.29 bits per heavy atom. The summed E-state index contributed by atoms with van der Waals surface area (Å²) in [6.45, 7) is 5.20. The molecule has 0 aromatic rings. The Bertz CT molecular complexity index is 184. The van der Waals surface area contributed by atoms with E-state index < -0.39 is 0 Å². The smallest absolute Gasteiger partial charge is 0.239 e. The van der Waals surface area contributed by atoms with Gasteiger partial charge < -0.3 is 10.2 Å². The summed E-state index contributed by atoms with van der Waals surface area (Å²) in [5.74, 6) is 0.263. The molecule has 0 spiro atoms. The number of hydrogen-bond acceptors (Lipinski definition) is 2. The number of piperidine rings is 1. The molecule has 3 nitrogen and oxygen atoms in total. The minimum Gasteiger partial charge on any atom is -0.342 e. The zero-order valence-corrected chi connectivity index (χ0v) is 9.55. The van der Waals surface area contributed by atoms with Gasteiger partial charge in [-0.15, -0.1) is 0 Å². The van der Waals surface area contributed by atoms with Gasteiger partial charge >= 0.3 is 0 Å². The quantitative estimate of drug-likeness (QED) is 0.743. The van der Waals surface area contributed by atoms with E-state index in [1.54, 1.807) is 0 Å². The van der Waals surface area contributed by atoms with E-state index in [1.807, 2.05) is 11.9 Å². The van der Waals surface area contributed by atoms with E-state index >= 15 is 0 Å². The van der Waals surface area contributed by atoms with Crippen molar-refractivity contribution in [2.45, 2.75) is 51.6 Å². The van der Waals surface area contributed by atoms with Gasteiger partial charge in [-0.05, 0) is 32.7 Å². The van der Waals surface area contributed by atoms with Crippen LogP contribution in [0, 0.1) is 0 Å². The molecule has 82 valence electrons. The Kier molecular flexibility index (Phi) is 4.39. The molecule has 0 aliphatic carbocycles. The number of carbonyl (C=O) groups is 1. The van der Waals surface area contributed by atoms with E-state index in [1.165, 1.54) is 12.8 Å². The lowest BCUT2D eigenvalue weighted by Gasteiger charge is -2.30. The molecular formula is C11H22N2O. The molecule has 1 aliphatic heterocycles.